The number of allylic oxidation sites excluding steroid dienone is 4. The number of unbranched alkanes of at least 4 members (excludes halogenated alkanes) is 2. The van der Waals surface area contributed by atoms with Gasteiger partial charge in [-0.15, -0.1) is 0 Å². The Bertz CT molecular complexity index is 933. The van der Waals surface area contributed by atoms with Gasteiger partial charge in [-0.05, 0) is 47.2 Å². The van der Waals surface area contributed by atoms with Crippen molar-refractivity contribution in [2.75, 3.05) is 0 Å². The molecule has 0 bridgehead atoms. The first-order valence-electron chi connectivity index (χ1n) is 9.81. The Kier molecular flexibility index (Phi) is 6.11. The van der Waals surface area contributed by atoms with Gasteiger partial charge in [-0.2, -0.15) is 5.26 Å². The molecule has 0 aromatic heterocycles. The molecule has 28 heavy (non-hydrogen) atoms. The molecule has 142 valence electrons. The van der Waals surface area contributed by atoms with Crippen molar-refractivity contribution in [2.45, 2.75) is 39.0 Å². The molecule has 0 aliphatic heterocycles. The number of rotatable bonds is 7. The van der Waals surface area contributed by atoms with Gasteiger partial charge in [0, 0.05) is 0 Å². The van der Waals surface area contributed by atoms with Crippen molar-refractivity contribution in [1.82, 2.24) is 0 Å². The molecule has 1 unspecified atom stereocenters. The molecule has 3 heteroatoms. The standard InChI is InChI=1S/C25H25NO2/c1-2-3-7-15-25(18-26)16-14-22(20-10-12-21(13-11-20)24(27)28)23(17-25)19-8-5-4-6-9-19/h4-6,8-14,16H,2-3,7,15,17H2,1H3,(H,27,28). The van der Waals surface area contributed by atoms with Gasteiger partial charge in [0.05, 0.1) is 17.0 Å². The average Bonchev–Trinajstić information content (AvgIpc) is 2.74. The molecule has 0 spiro atoms. The predicted molar refractivity (Wildman–Crippen MR) is 113 cm³/mol. The number of hydrogen-bond acceptors (Lipinski definition) is 2. The lowest BCUT2D eigenvalue weighted by Crippen LogP contribution is -2.19. The minimum atomic E-state index is -0.928. The smallest absolute Gasteiger partial charge is 0.335 e. The molecule has 2 aromatic rings. The lowest BCUT2D eigenvalue weighted by atomic mass is 9.71. The maximum absolute atomic E-state index is 11.2. The van der Waals surface area contributed by atoms with Crippen LogP contribution in [0.2, 0.25) is 0 Å². The van der Waals surface area contributed by atoms with E-state index in [1.54, 1.807) is 12.1 Å². The van der Waals surface area contributed by atoms with Crippen molar-refractivity contribution >= 4 is 17.1 Å². The van der Waals surface area contributed by atoms with Gasteiger partial charge in [0.15, 0.2) is 0 Å². The summed E-state index contributed by atoms with van der Waals surface area (Å²) in [4.78, 5) is 11.2. The third-order valence-corrected chi connectivity index (χ3v) is 5.40. The van der Waals surface area contributed by atoms with Crippen LogP contribution in [0.25, 0.3) is 11.1 Å². The summed E-state index contributed by atoms with van der Waals surface area (Å²) in [7, 11) is 0. The first-order valence-corrected chi connectivity index (χ1v) is 9.81. The minimum absolute atomic E-state index is 0.274. The van der Waals surface area contributed by atoms with Crippen molar-refractivity contribution in [3.8, 4) is 6.07 Å². The summed E-state index contributed by atoms with van der Waals surface area (Å²) in [6, 6.07) is 19.7. The van der Waals surface area contributed by atoms with E-state index in [0.717, 1.165) is 48.0 Å². The number of carboxylic acid groups (broad SMARTS) is 1. The molecule has 3 rings (SSSR count). The van der Waals surface area contributed by atoms with Crippen LogP contribution in [-0.2, 0) is 0 Å². The van der Waals surface area contributed by atoms with Crippen molar-refractivity contribution in [3.63, 3.8) is 0 Å². The second kappa shape index (κ2) is 8.71. The van der Waals surface area contributed by atoms with Gasteiger partial charge in [0.25, 0.3) is 0 Å². The van der Waals surface area contributed by atoms with Crippen LogP contribution in [0.4, 0.5) is 0 Å². The van der Waals surface area contributed by atoms with Crippen molar-refractivity contribution in [2.24, 2.45) is 5.41 Å². The van der Waals surface area contributed by atoms with E-state index >= 15 is 0 Å². The zero-order valence-corrected chi connectivity index (χ0v) is 16.2. The fourth-order valence-electron chi connectivity index (χ4n) is 3.77. The summed E-state index contributed by atoms with van der Waals surface area (Å²) in [5.74, 6) is -0.928. The van der Waals surface area contributed by atoms with Gasteiger partial charge in [-0.1, -0.05) is 80.8 Å². The van der Waals surface area contributed by atoms with Crippen LogP contribution >= 0.6 is 0 Å². The third kappa shape index (κ3) is 4.23. The molecule has 0 fully saturated rings. The third-order valence-electron chi connectivity index (χ3n) is 5.40. The maximum Gasteiger partial charge on any atom is 0.335 e. The van der Waals surface area contributed by atoms with Gasteiger partial charge in [0.1, 0.15) is 0 Å². The van der Waals surface area contributed by atoms with Crippen molar-refractivity contribution in [3.05, 3.63) is 83.4 Å². The van der Waals surface area contributed by atoms with Gasteiger partial charge in [0.2, 0.25) is 0 Å². The highest BCUT2D eigenvalue weighted by Gasteiger charge is 2.32. The zero-order valence-electron chi connectivity index (χ0n) is 16.2. The summed E-state index contributed by atoms with van der Waals surface area (Å²) in [5, 5.41) is 19.1. The first-order chi connectivity index (χ1) is 13.6. The summed E-state index contributed by atoms with van der Waals surface area (Å²) < 4.78 is 0. The molecule has 0 radical (unpaired) electrons. The molecule has 3 nitrogen and oxygen atoms in total. The minimum Gasteiger partial charge on any atom is -0.478 e. The van der Waals surface area contributed by atoms with E-state index in [9.17, 15) is 10.1 Å². The molecular formula is C25H25NO2. The van der Waals surface area contributed by atoms with Crippen LogP contribution in [-0.4, -0.2) is 11.1 Å². The number of benzene rings is 2. The van der Waals surface area contributed by atoms with E-state index in [4.69, 9.17) is 5.11 Å². The Balaban J connectivity index is 2.03. The first kappa shape index (κ1) is 19.6. The fraction of sp³-hybridized carbons (Fsp3) is 0.280. The predicted octanol–water partition coefficient (Wildman–Crippen LogP) is 6.35. The van der Waals surface area contributed by atoms with Crippen LogP contribution in [0, 0.1) is 16.7 Å². The highest BCUT2D eigenvalue weighted by atomic mass is 16.4. The highest BCUT2D eigenvalue weighted by Crippen LogP contribution is 2.45. The van der Waals surface area contributed by atoms with Crippen LogP contribution in [0.1, 0.15) is 60.5 Å². The Morgan fingerprint density at radius 1 is 1.07 bits per heavy atom. The molecule has 0 saturated carbocycles. The van der Waals surface area contributed by atoms with E-state index < -0.39 is 11.4 Å². The summed E-state index contributed by atoms with van der Waals surface area (Å²) in [6.45, 7) is 2.17. The summed E-state index contributed by atoms with van der Waals surface area (Å²) >= 11 is 0. The van der Waals surface area contributed by atoms with Gasteiger partial charge < -0.3 is 5.11 Å². The second-order valence-electron chi connectivity index (χ2n) is 7.38. The number of hydrogen-bond donors (Lipinski definition) is 1. The Morgan fingerprint density at radius 2 is 1.79 bits per heavy atom. The van der Waals surface area contributed by atoms with Crippen molar-refractivity contribution < 1.29 is 9.90 Å². The van der Waals surface area contributed by atoms with Crippen LogP contribution in [0.5, 0.6) is 0 Å². The van der Waals surface area contributed by atoms with E-state index in [0.29, 0.717) is 6.42 Å². The zero-order chi connectivity index (χ0) is 20.0. The Hall–Kier alpha value is -3.12. The molecule has 2 aromatic carbocycles. The van der Waals surface area contributed by atoms with E-state index in [1.165, 1.54) is 0 Å². The molecule has 1 aliphatic rings. The molecule has 1 aliphatic carbocycles. The van der Waals surface area contributed by atoms with Crippen molar-refractivity contribution in [1.29, 1.82) is 5.26 Å². The summed E-state index contributed by atoms with van der Waals surface area (Å²) in [5.41, 5.74) is 4.08. The summed E-state index contributed by atoms with van der Waals surface area (Å²) in [6.07, 6.45) is 8.93. The molecule has 1 atom stereocenters. The molecular weight excluding hydrogens is 346 g/mol. The number of nitriles is 1. The monoisotopic (exact) mass is 371 g/mol. The highest BCUT2D eigenvalue weighted by molar-refractivity contribution is 5.98. The van der Waals surface area contributed by atoms with Gasteiger partial charge >= 0.3 is 5.97 Å². The number of nitrogens with zero attached hydrogens (tertiary/aromatic N) is 1. The lowest BCUT2D eigenvalue weighted by Gasteiger charge is -2.30. The van der Waals surface area contributed by atoms with Gasteiger partial charge in [-0.3, -0.25) is 0 Å². The SMILES string of the molecule is CCCCCC1(C#N)C=CC(c2ccc(C(=O)O)cc2)=C(c2ccccc2)C1. The van der Waals surface area contributed by atoms with E-state index in [2.05, 4.69) is 37.3 Å². The van der Waals surface area contributed by atoms with Crippen LogP contribution in [0.15, 0.2) is 66.7 Å². The molecule has 0 saturated heterocycles. The largest absolute Gasteiger partial charge is 0.478 e. The number of carbonyl (C=O) groups is 1. The van der Waals surface area contributed by atoms with E-state index in [-0.39, 0.29) is 5.56 Å². The Morgan fingerprint density at radius 3 is 2.39 bits per heavy atom. The van der Waals surface area contributed by atoms with Crippen LogP contribution in [0.3, 0.4) is 0 Å². The molecule has 1 N–H and O–H groups in total. The molecule has 0 amide bonds. The maximum atomic E-state index is 11.2. The van der Waals surface area contributed by atoms with Crippen LogP contribution < -0.4 is 0 Å². The van der Waals surface area contributed by atoms with Gasteiger partial charge in [-0.25, -0.2) is 4.79 Å². The Labute approximate surface area is 166 Å². The lowest BCUT2D eigenvalue weighted by molar-refractivity contribution is 0.0697. The quantitative estimate of drug-likeness (QED) is 0.577. The van der Waals surface area contributed by atoms with E-state index in [1.807, 2.05) is 30.3 Å². The number of carboxylic acids is 1. The molecule has 0 heterocycles. The fourth-order valence-corrected chi connectivity index (χ4v) is 3.77. The topological polar surface area (TPSA) is 61.1 Å². The second-order valence-corrected chi connectivity index (χ2v) is 7.38. The number of aromatic carboxylic acids is 1. The normalized spacial score (nSPS) is 18.7. The average molecular weight is 371 g/mol.